The van der Waals surface area contributed by atoms with Gasteiger partial charge in [0.1, 0.15) is 16.9 Å². The Balaban J connectivity index is 2.65. The van der Waals surface area contributed by atoms with Crippen LogP contribution in [0.3, 0.4) is 0 Å². The van der Waals surface area contributed by atoms with Crippen LogP contribution in [-0.4, -0.2) is 40.3 Å². The molecule has 0 bridgehead atoms. The molecule has 5 N–H and O–H groups in total. The van der Waals surface area contributed by atoms with E-state index in [-0.39, 0.29) is 11.1 Å². The number of nitrogens with two attached hydrogens (primary N) is 1. The largest absolute Gasteiger partial charge is 0.478 e. The Labute approximate surface area is 154 Å². The molecule has 0 unspecified atom stereocenters. The van der Waals surface area contributed by atoms with Crippen LogP contribution in [0.1, 0.15) is 46.4 Å². The number of hydrogen-bond donors (Lipinski definition) is 4. The van der Waals surface area contributed by atoms with Crippen molar-refractivity contribution in [1.82, 2.24) is 4.98 Å². The standard InChI is InChI=1S/C18H20N2O7/c1-3-26-18(27-4-2)10-7-5-9(6-8-10)11-12(16(22)23)14(19)20-15(21)13(11)17(24)25/h5-8,18H,3-4H2,1-2H3,(H,22,23)(H,24,25)(H3,19,20,21). The van der Waals surface area contributed by atoms with Crippen molar-refractivity contribution in [3.63, 3.8) is 0 Å². The summed E-state index contributed by atoms with van der Waals surface area (Å²) in [5, 5.41) is 18.8. The van der Waals surface area contributed by atoms with Crippen molar-refractivity contribution in [2.75, 3.05) is 18.9 Å². The van der Waals surface area contributed by atoms with Crippen molar-refractivity contribution in [2.24, 2.45) is 0 Å². The summed E-state index contributed by atoms with van der Waals surface area (Å²) < 4.78 is 11.0. The molecule has 9 nitrogen and oxygen atoms in total. The van der Waals surface area contributed by atoms with E-state index in [0.717, 1.165) is 0 Å². The Morgan fingerprint density at radius 2 is 1.56 bits per heavy atom. The molecule has 0 aliphatic heterocycles. The van der Waals surface area contributed by atoms with Crippen molar-refractivity contribution >= 4 is 17.8 Å². The molecule has 0 spiro atoms. The first-order chi connectivity index (χ1) is 12.8. The summed E-state index contributed by atoms with van der Waals surface area (Å²) in [5.74, 6) is -3.43. The van der Waals surface area contributed by atoms with Gasteiger partial charge in [0.15, 0.2) is 6.29 Å². The van der Waals surface area contributed by atoms with Gasteiger partial charge in [-0.05, 0) is 19.4 Å². The first-order valence-corrected chi connectivity index (χ1v) is 8.17. The van der Waals surface area contributed by atoms with Crippen LogP contribution in [0.5, 0.6) is 0 Å². The zero-order valence-electron chi connectivity index (χ0n) is 14.8. The summed E-state index contributed by atoms with van der Waals surface area (Å²) in [6.45, 7) is 4.47. The Hall–Kier alpha value is -3.17. The van der Waals surface area contributed by atoms with Crippen LogP contribution in [0, 0.1) is 0 Å². The minimum atomic E-state index is -1.56. The second kappa shape index (κ2) is 8.47. The Morgan fingerprint density at radius 3 is 2.00 bits per heavy atom. The summed E-state index contributed by atoms with van der Waals surface area (Å²) in [7, 11) is 0. The fraction of sp³-hybridized carbons (Fsp3) is 0.278. The summed E-state index contributed by atoms with van der Waals surface area (Å²) >= 11 is 0. The Bertz CT molecular complexity index is 897. The number of aromatic nitrogens is 1. The number of aromatic amines is 1. The fourth-order valence-electron chi connectivity index (χ4n) is 2.69. The number of aromatic carboxylic acids is 2. The molecular weight excluding hydrogens is 356 g/mol. The monoisotopic (exact) mass is 376 g/mol. The number of benzene rings is 1. The normalized spacial score (nSPS) is 10.9. The minimum Gasteiger partial charge on any atom is -0.478 e. The van der Waals surface area contributed by atoms with Gasteiger partial charge in [0.05, 0.1) is 0 Å². The maximum atomic E-state index is 12.0. The number of ether oxygens (including phenoxy) is 2. The van der Waals surface area contributed by atoms with Gasteiger partial charge in [0.25, 0.3) is 5.56 Å². The van der Waals surface area contributed by atoms with Gasteiger partial charge in [-0.25, -0.2) is 9.59 Å². The van der Waals surface area contributed by atoms with Crippen LogP contribution in [0.2, 0.25) is 0 Å². The number of hydrogen-bond acceptors (Lipinski definition) is 6. The fourth-order valence-corrected chi connectivity index (χ4v) is 2.69. The van der Waals surface area contributed by atoms with E-state index in [1.807, 2.05) is 13.8 Å². The maximum absolute atomic E-state index is 12.0. The van der Waals surface area contributed by atoms with E-state index in [0.29, 0.717) is 18.8 Å². The lowest BCUT2D eigenvalue weighted by atomic mass is 9.94. The molecule has 0 radical (unpaired) electrons. The predicted octanol–water partition coefficient (Wildman–Crippen LogP) is 2.09. The van der Waals surface area contributed by atoms with Crippen LogP contribution in [-0.2, 0) is 9.47 Å². The van der Waals surface area contributed by atoms with Crippen molar-refractivity contribution in [2.45, 2.75) is 20.1 Å². The quantitative estimate of drug-likeness (QED) is 0.511. The smallest absolute Gasteiger partial charge is 0.342 e. The number of carboxylic acid groups (broad SMARTS) is 2. The Kier molecular flexibility index (Phi) is 6.32. The number of H-pyrrole nitrogens is 1. The predicted molar refractivity (Wildman–Crippen MR) is 96.8 cm³/mol. The molecule has 0 amide bonds. The first-order valence-electron chi connectivity index (χ1n) is 8.17. The minimum absolute atomic E-state index is 0.220. The highest BCUT2D eigenvalue weighted by atomic mass is 16.7. The van der Waals surface area contributed by atoms with Crippen LogP contribution < -0.4 is 11.3 Å². The molecule has 1 aromatic carbocycles. The molecule has 0 saturated carbocycles. The van der Waals surface area contributed by atoms with Crippen LogP contribution in [0.25, 0.3) is 11.1 Å². The molecule has 9 heteroatoms. The van der Waals surface area contributed by atoms with Gasteiger partial charge >= 0.3 is 11.9 Å². The summed E-state index contributed by atoms with van der Waals surface area (Å²) in [4.78, 5) is 37.3. The van der Waals surface area contributed by atoms with Crippen molar-refractivity contribution in [3.05, 3.63) is 51.3 Å². The van der Waals surface area contributed by atoms with Crippen molar-refractivity contribution < 1.29 is 29.3 Å². The molecule has 0 atom stereocenters. The van der Waals surface area contributed by atoms with E-state index in [9.17, 15) is 24.6 Å². The molecular formula is C18H20N2O7. The highest BCUT2D eigenvalue weighted by molar-refractivity contribution is 6.07. The number of carboxylic acids is 2. The lowest BCUT2D eigenvalue weighted by Crippen LogP contribution is -2.24. The van der Waals surface area contributed by atoms with Gasteiger partial charge in [0, 0.05) is 24.3 Å². The molecule has 144 valence electrons. The second-order valence-corrected chi connectivity index (χ2v) is 5.47. The molecule has 1 aromatic heterocycles. The van der Waals surface area contributed by atoms with Crippen LogP contribution in [0.15, 0.2) is 29.1 Å². The van der Waals surface area contributed by atoms with E-state index in [4.69, 9.17) is 15.2 Å². The Morgan fingerprint density at radius 1 is 1.04 bits per heavy atom. The van der Waals surface area contributed by atoms with Crippen molar-refractivity contribution in [1.29, 1.82) is 0 Å². The zero-order valence-corrected chi connectivity index (χ0v) is 14.8. The van der Waals surface area contributed by atoms with E-state index < -0.39 is 40.7 Å². The van der Waals surface area contributed by atoms with Crippen LogP contribution in [0.4, 0.5) is 5.82 Å². The van der Waals surface area contributed by atoms with Gasteiger partial charge in [-0.2, -0.15) is 0 Å². The molecule has 27 heavy (non-hydrogen) atoms. The number of pyridine rings is 1. The molecule has 0 aliphatic carbocycles. The third-order valence-corrected chi connectivity index (χ3v) is 3.78. The topological polar surface area (TPSA) is 152 Å². The average molecular weight is 376 g/mol. The molecule has 0 saturated heterocycles. The molecule has 0 aliphatic rings. The van der Waals surface area contributed by atoms with Gasteiger partial charge in [-0.15, -0.1) is 0 Å². The lowest BCUT2D eigenvalue weighted by Gasteiger charge is -2.18. The highest BCUT2D eigenvalue weighted by Gasteiger charge is 2.26. The molecule has 1 heterocycles. The van der Waals surface area contributed by atoms with E-state index >= 15 is 0 Å². The number of anilines is 1. The van der Waals surface area contributed by atoms with Gasteiger partial charge in [-0.3, -0.25) is 4.79 Å². The third-order valence-electron chi connectivity index (χ3n) is 3.78. The number of rotatable bonds is 8. The molecule has 2 rings (SSSR count). The second-order valence-electron chi connectivity index (χ2n) is 5.47. The van der Waals surface area contributed by atoms with Crippen LogP contribution >= 0.6 is 0 Å². The van der Waals surface area contributed by atoms with Gasteiger partial charge < -0.3 is 30.4 Å². The van der Waals surface area contributed by atoms with E-state index in [2.05, 4.69) is 4.98 Å². The molecule has 2 aromatic rings. The summed E-state index contributed by atoms with van der Waals surface area (Å²) in [6.07, 6.45) is -0.615. The zero-order chi connectivity index (χ0) is 20.1. The number of carbonyl (C=O) groups is 2. The number of nitrogen functional groups attached to an aromatic ring is 1. The van der Waals surface area contributed by atoms with E-state index in [1.54, 1.807) is 12.1 Å². The third kappa shape index (κ3) is 4.15. The lowest BCUT2D eigenvalue weighted by molar-refractivity contribution is -0.140. The van der Waals surface area contributed by atoms with E-state index in [1.165, 1.54) is 12.1 Å². The van der Waals surface area contributed by atoms with Gasteiger partial charge in [-0.1, -0.05) is 24.3 Å². The highest BCUT2D eigenvalue weighted by Crippen LogP contribution is 2.30. The number of nitrogens with one attached hydrogen (secondary N) is 1. The summed E-state index contributed by atoms with van der Waals surface area (Å²) in [6, 6.07) is 6.21. The maximum Gasteiger partial charge on any atom is 0.342 e. The summed E-state index contributed by atoms with van der Waals surface area (Å²) in [5.41, 5.74) is 4.09. The first kappa shape index (κ1) is 20.1. The van der Waals surface area contributed by atoms with Crippen molar-refractivity contribution in [3.8, 4) is 11.1 Å². The SMILES string of the molecule is CCOC(OCC)c1ccc(-c2c(C(=O)O)c(N)[nH]c(=O)c2C(=O)O)cc1. The average Bonchev–Trinajstić information content (AvgIpc) is 2.60. The van der Waals surface area contributed by atoms with Gasteiger partial charge in [0.2, 0.25) is 0 Å². The molecule has 0 fully saturated rings.